The molecule has 1 amide bonds. The van der Waals surface area contributed by atoms with Gasteiger partial charge in [-0.05, 0) is 57.9 Å². The van der Waals surface area contributed by atoms with Gasteiger partial charge in [0.05, 0.1) is 17.1 Å². The topological polar surface area (TPSA) is 66.5 Å². The predicted octanol–water partition coefficient (Wildman–Crippen LogP) is 5.04. The van der Waals surface area contributed by atoms with E-state index < -0.39 is 15.9 Å². The second-order valence-corrected chi connectivity index (χ2v) is 9.95. The maximum absolute atomic E-state index is 13.2. The van der Waals surface area contributed by atoms with Crippen LogP contribution in [0.5, 0.6) is 0 Å². The number of carbonyl (C=O) groups excluding carboxylic acids is 1. The van der Waals surface area contributed by atoms with Crippen LogP contribution < -0.4 is 5.32 Å². The maximum atomic E-state index is 13.2. The molecule has 0 bridgehead atoms. The van der Waals surface area contributed by atoms with Gasteiger partial charge in [0, 0.05) is 15.5 Å². The molecular formula is C21H18Br2N2O3S. The van der Waals surface area contributed by atoms with E-state index in [0.717, 1.165) is 14.5 Å². The number of sulfonamides is 1. The third-order valence-electron chi connectivity index (χ3n) is 4.12. The van der Waals surface area contributed by atoms with Gasteiger partial charge < -0.3 is 5.32 Å². The molecule has 0 unspecified atom stereocenters. The molecule has 0 saturated carbocycles. The lowest BCUT2D eigenvalue weighted by Gasteiger charge is -2.22. The molecule has 0 fully saturated rings. The highest BCUT2D eigenvalue weighted by atomic mass is 79.9. The molecule has 3 rings (SSSR count). The van der Waals surface area contributed by atoms with E-state index in [1.54, 1.807) is 36.4 Å². The molecule has 0 aliphatic heterocycles. The van der Waals surface area contributed by atoms with Crippen molar-refractivity contribution in [3.8, 4) is 0 Å². The van der Waals surface area contributed by atoms with Crippen molar-refractivity contribution < 1.29 is 13.2 Å². The number of para-hydroxylation sites is 1. The second-order valence-electron chi connectivity index (χ2n) is 6.24. The molecule has 0 atom stereocenters. The zero-order chi connectivity index (χ0) is 20.9. The maximum Gasteiger partial charge on any atom is 0.243 e. The van der Waals surface area contributed by atoms with Crippen LogP contribution in [0.15, 0.2) is 92.7 Å². The minimum Gasteiger partial charge on any atom is -0.324 e. The van der Waals surface area contributed by atoms with Crippen molar-refractivity contribution in [2.45, 2.75) is 11.4 Å². The van der Waals surface area contributed by atoms with Crippen LogP contribution in [-0.4, -0.2) is 25.2 Å². The van der Waals surface area contributed by atoms with Gasteiger partial charge in [-0.3, -0.25) is 4.79 Å². The number of rotatable bonds is 7. The molecule has 3 aromatic carbocycles. The number of nitrogens with zero attached hydrogens (tertiary/aromatic N) is 1. The SMILES string of the molecule is O=C(CN(Cc1ccc(Br)cc1)S(=O)(=O)c1ccccc1)Nc1ccccc1Br. The standard InChI is InChI=1S/C21H18Br2N2O3S/c22-17-12-10-16(11-13-17)14-25(29(27,28)18-6-2-1-3-7-18)15-21(26)24-20-9-5-4-8-19(20)23/h1-13H,14-15H2,(H,24,26). The summed E-state index contributed by atoms with van der Waals surface area (Å²) in [5.41, 5.74) is 1.36. The monoisotopic (exact) mass is 536 g/mol. The van der Waals surface area contributed by atoms with Gasteiger partial charge in [0.25, 0.3) is 0 Å². The van der Waals surface area contributed by atoms with Gasteiger partial charge in [-0.2, -0.15) is 4.31 Å². The molecule has 0 aromatic heterocycles. The van der Waals surface area contributed by atoms with Gasteiger partial charge in [-0.15, -0.1) is 0 Å². The molecule has 0 aliphatic carbocycles. The third-order valence-corrected chi connectivity index (χ3v) is 7.15. The summed E-state index contributed by atoms with van der Waals surface area (Å²) in [5, 5.41) is 2.76. The van der Waals surface area contributed by atoms with E-state index in [-0.39, 0.29) is 18.0 Å². The van der Waals surface area contributed by atoms with Gasteiger partial charge in [0.15, 0.2) is 0 Å². The van der Waals surface area contributed by atoms with Crippen LogP contribution in [0, 0.1) is 0 Å². The summed E-state index contributed by atoms with van der Waals surface area (Å²) >= 11 is 6.75. The average Bonchev–Trinajstić information content (AvgIpc) is 2.71. The number of halogens is 2. The molecule has 0 radical (unpaired) electrons. The number of anilines is 1. The summed E-state index contributed by atoms with van der Waals surface area (Å²) in [4.78, 5) is 12.8. The zero-order valence-electron chi connectivity index (χ0n) is 15.3. The van der Waals surface area contributed by atoms with E-state index in [4.69, 9.17) is 0 Å². The van der Waals surface area contributed by atoms with Gasteiger partial charge in [0.1, 0.15) is 0 Å². The highest BCUT2D eigenvalue weighted by molar-refractivity contribution is 9.10. The second kappa shape index (κ2) is 9.67. The molecule has 3 aromatic rings. The Balaban J connectivity index is 1.87. The average molecular weight is 538 g/mol. The first-order valence-electron chi connectivity index (χ1n) is 8.70. The van der Waals surface area contributed by atoms with E-state index in [1.807, 2.05) is 30.3 Å². The third kappa shape index (κ3) is 5.76. The Labute approximate surface area is 187 Å². The van der Waals surface area contributed by atoms with Crippen LogP contribution >= 0.6 is 31.9 Å². The normalized spacial score (nSPS) is 11.4. The summed E-state index contributed by atoms with van der Waals surface area (Å²) in [6.45, 7) is -0.234. The summed E-state index contributed by atoms with van der Waals surface area (Å²) in [6, 6.07) is 22.6. The van der Waals surface area contributed by atoms with Crippen LogP contribution in [0.3, 0.4) is 0 Å². The Morgan fingerprint density at radius 3 is 2.14 bits per heavy atom. The highest BCUT2D eigenvalue weighted by Gasteiger charge is 2.27. The number of amides is 1. The van der Waals surface area contributed by atoms with Crippen molar-refractivity contribution in [3.05, 3.63) is 93.4 Å². The molecule has 8 heteroatoms. The molecule has 0 aliphatic rings. The molecule has 0 heterocycles. The van der Waals surface area contributed by atoms with Crippen LogP contribution in [0.25, 0.3) is 0 Å². The molecular weight excluding hydrogens is 520 g/mol. The highest BCUT2D eigenvalue weighted by Crippen LogP contribution is 2.23. The van der Waals surface area contributed by atoms with Crippen molar-refractivity contribution >= 4 is 53.5 Å². The number of benzene rings is 3. The molecule has 1 N–H and O–H groups in total. The summed E-state index contributed by atoms with van der Waals surface area (Å²) in [7, 11) is -3.86. The van der Waals surface area contributed by atoms with E-state index in [2.05, 4.69) is 37.2 Å². The van der Waals surface area contributed by atoms with Crippen LogP contribution in [0.2, 0.25) is 0 Å². The first kappa shape index (κ1) is 21.7. The Bertz CT molecular complexity index is 1090. The van der Waals surface area contributed by atoms with E-state index in [9.17, 15) is 13.2 Å². The Morgan fingerprint density at radius 1 is 0.862 bits per heavy atom. The minimum atomic E-state index is -3.86. The first-order chi connectivity index (χ1) is 13.9. The smallest absolute Gasteiger partial charge is 0.243 e. The van der Waals surface area contributed by atoms with Gasteiger partial charge in [0.2, 0.25) is 15.9 Å². The van der Waals surface area contributed by atoms with Gasteiger partial charge >= 0.3 is 0 Å². The van der Waals surface area contributed by atoms with Crippen molar-refractivity contribution in [3.63, 3.8) is 0 Å². The number of hydrogen-bond acceptors (Lipinski definition) is 3. The van der Waals surface area contributed by atoms with Crippen molar-refractivity contribution in [2.75, 3.05) is 11.9 Å². The molecule has 150 valence electrons. The van der Waals surface area contributed by atoms with E-state index in [1.165, 1.54) is 16.4 Å². The van der Waals surface area contributed by atoms with Crippen LogP contribution in [0.4, 0.5) is 5.69 Å². The molecule has 0 spiro atoms. The summed E-state index contributed by atoms with van der Waals surface area (Å²) in [6.07, 6.45) is 0. The zero-order valence-corrected chi connectivity index (χ0v) is 19.2. The van der Waals surface area contributed by atoms with Gasteiger partial charge in [-0.25, -0.2) is 8.42 Å². The lowest BCUT2D eigenvalue weighted by molar-refractivity contribution is -0.116. The largest absolute Gasteiger partial charge is 0.324 e. The fourth-order valence-corrected chi connectivity index (χ4v) is 4.73. The number of nitrogens with one attached hydrogen (secondary N) is 1. The lowest BCUT2D eigenvalue weighted by Crippen LogP contribution is -2.37. The van der Waals surface area contributed by atoms with E-state index >= 15 is 0 Å². The van der Waals surface area contributed by atoms with Crippen molar-refractivity contribution in [1.82, 2.24) is 4.31 Å². The lowest BCUT2D eigenvalue weighted by atomic mass is 10.2. The van der Waals surface area contributed by atoms with Crippen LogP contribution in [0.1, 0.15) is 5.56 Å². The molecule has 29 heavy (non-hydrogen) atoms. The van der Waals surface area contributed by atoms with Crippen molar-refractivity contribution in [1.29, 1.82) is 0 Å². The molecule has 0 saturated heterocycles. The Kier molecular flexibility index (Phi) is 7.23. The molecule has 5 nitrogen and oxygen atoms in total. The van der Waals surface area contributed by atoms with Crippen LogP contribution in [-0.2, 0) is 21.4 Å². The quantitative estimate of drug-likeness (QED) is 0.459. The summed E-state index contributed by atoms with van der Waals surface area (Å²) in [5.74, 6) is -0.423. The fraction of sp³-hybridized carbons (Fsp3) is 0.0952. The number of carbonyl (C=O) groups is 1. The first-order valence-corrected chi connectivity index (χ1v) is 11.7. The van der Waals surface area contributed by atoms with Gasteiger partial charge in [-0.1, -0.05) is 58.4 Å². The Morgan fingerprint density at radius 2 is 1.48 bits per heavy atom. The van der Waals surface area contributed by atoms with Crippen molar-refractivity contribution in [2.24, 2.45) is 0 Å². The Hall–Kier alpha value is -2.00. The number of hydrogen-bond donors (Lipinski definition) is 1. The van der Waals surface area contributed by atoms with E-state index in [0.29, 0.717) is 5.69 Å². The summed E-state index contributed by atoms with van der Waals surface area (Å²) < 4.78 is 29.2. The predicted molar refractivity (Wildman–Crippen MR) is 121 cm³/mol. The fourth-order valence-electron chi connectivity index (χ4n) is 2.67. The minimum absolute atomic E-state index is 0.0773.